The van der Waals surface area contributed by atoms with E-state index in [0.717, 1.165) is 44.8 Å². The Hall–Kier alpha value is -2.57. The van der Waals surface area contributed by atoms with E-state index in [9.17, 15) is 4.79 Å². The quantitative estimate of drug-likeness (QED) is 0.742. The summed E-state index contributed by atoms with van der Waals surface area (Å²) >= 11 is 0. The Bertz CT molecular complexity index is 817. The summed E-state index contributed by atoms with van der Waals surface area (Å²) in [5.41, 5.74) is 2.87. The van der Waals surface area contributed by atoms with Gasteiger partial charge in [0.25, 0.3) is 5.91 Å². The van der Waals surface area contributed by atoms with E-state index in [0.29, 0.717) is 23.6 Å². The molecule has 0 saturated carbocycles. The van der Waals surface area contributed by atoms with E-state index in [2.05, 4.69) is 40.2 Å². The van der Waals surface area contributed by atoms with Crippen molar-refractivity contribution in [3.05, 3.63) is 59.2 Å². The fraction of sp³-hybridized carbons (Fsp3) is 0.435. The standard InChI is InChI=1S/C23H31N3O3/c1-4-25-12-14-26(15-13-25)17-19-9-6-5-8-18(19)16-24-23(27)20-10-7-11-21(28-2)22(20)29-3/h5-11H,4,12-17H2,1-3H3,(H,24,27). The van der Waals surface area contributed by atoms with Crippen molar-refractivity contribution in [1.29, 1.82) is 0 Å². The van der Waals surface area contributed by atoms with Crippen LogP contribution in [0.1, 0.15) is 28.4 Å². The Morgan fingerprint density at radius 1 is 0.931 bits per heavy atom. The van der Waals surface area contributed by atoms with Gasteiger partial charge in [0.1, 0.15) is 0 Å². The number of nitrogens with zero attached hydrogens (tertiary/aromatic N) is 2. The molecule has 0 radical (unpaired) electrons. The molecule has 156 valence electrons. The van der Waals surface area contributed by atoms with Crippen molar-refractivity contribution in [3.63, 3.8) is 0 Å². The van der Waals surface area contributed by atoms with Crippen molar-refractivity contribution in [2.75, 3.05) is 46.9 Å². The number of ether oxygens (including phenoxy) is 2. The molecule has 6 nitrogen and oxygen atoms in total. The van der Waals surface area contributed by atoms with Gasteiger partial charge >= 0.3 is 0 Å². The molecule has 6 heteroatoms. The lowest BCUT2D eigenvalue weighted by Gasteiger charge is -2.34. The van der Waals surface area contributed by atoms with Gasteiger partial charge in [-0.05, 0) is 29.8 Å². The highest BCUT2D eigenvalue weighted by molar-refractivity contribution is 5.97. The maximum Gasteiger partial charge on any atom is 0.255 e. The maximum absolute atomic E-state index is 12.8. The molecule has 1 aliphatic rings. The molecule has 0 unspecified atom stereocenters. The fourth-order valence-electron chi connectivity index (χ4n) is 3.73. The third-order valence-corrected chi connectivity index (χ3v) is 5.51. The lowest BCUT2D eigenvalue weighted by atomic mass is 10.1. The van der Waals surface area contributed by atoms with Crippen LogP contribution in [0.4, 0.5) is 0 Å². The van der Waals surface area contributed by atoms with Crippen molar-refractivity contribution in [2.45, 2.75) is 20.0 Å². The largest absolute Gasteiger partial charge is 0.493 e. The van der Waals surface area contributed by atoms with Gasteiger partial charge in [0.15, 0.2) is 11.5 Å². The van der Waals surface area contributed by atoms with Crippen molar-refractivity contribution < 1.29 is 14.3 Å². The summed E-state index contributed by atoms with van der Waals surface area (Å²) < 4.78 is 10.7. The van der Waals surface area contributed by atoms with Crippen LogP contribution in [-0.2, 0) is 13.1 Å². The Morgan fingerprint density at radius 2 is 1.62 bits per heavy atom. The van der Waals surface area contributed by atoms with Crippen molar-refractivity contribution in [3.8, 4) is 11.5 Å². The molecule has 0 aromatic heterocycles. The van der Waals surface area contributed by atoms with Crippen molar-refractivity contribution in [1.82, 2.24) is 15.1 Å². The molecule has 2 aromatic rings. The summed E-state index contributed by atoms with van der Waals surface area (Å²) in [6.45, 7) is 9.10. The van der Waals surface area contributed by atoms with Gasteiger partial charge in [0.2, 0.25) is 0 Å². The van der Waals surface area contributed by atoms with Crippen LogP contribution in [-0.4, -0.2) is 62.7 Å². The Morgan fingerprint density at radius 3 is 2.28 bits per heavy atom. The maximum atomic E-state index is 12.8. The molecule has 2 aromatic carbocycles. The van der Waals surface area contributed by atoms with Gasteiger partial charge in [-0.2, -0.15) is 0 Å². The highest BCUT2D eigenvalue weighted by atomic mass is 16.5. The van der Waals surface area contributed by atoms with Crippen LogP contribution in [0.25, 0.3) is 0 Å². The van der Waals surface area contributed by atoms with Crippen LogP contribution < -0.4 is 14.8 Å². The minimum Gasteiger partial charge on any atom is -0.493 e. The van der Waals surface area contributed by atoms with E-state index < -0.39 is 0 Å². The van der Waals surface area contributed by atoms with Crippen LogP contribution >= 0.6 is 0 Å². The minimum absolute atomic E-state index is 0.174. The SMILES string of the molecule is CCN1CCN(Cc2ccccc2CNC(=O)c2cccc(OC)c2OC)CC1. The molecule has 29 heavy (non-hydrogen) atoms. The zero-order valence-corrected chi connectivity index (χ0v) is 17.6. The first kappa shape index (κ1) is 21.1. The van der Waals surface area contributed by atoms with E-state index >= 15 is 0 Å². The van der Waals surface area contributed by atoms with E-state index in [4.69, 9.17) is 9.47 Å². The first-order chi connectivity index (χ1) is 14.2. The van der Waals surface area contributed by atoms with Crippen molar-refractivity contribution in [2.24, 2.45) is 0 Å². The zero-order valence-electron chi connectivity index (χ0n) is 17.6. The number of amides is 1. The lowest BCUT2D eigenvalue weighted by Crippen LogP contribution is -2.45. The van der Waals surface area contributed by atoms with Crippen molar-refractivity contribution >= 4 is 5.91 Å². The zero-order chi connectivity index (χ0) is 20.6. The average molecular weight is 398 g/mol. The van der Waals surface area contributed by atoms with Gasteiger partial charge in [-0.3, -0.25) is 9.69 Å². The summed E-state index contributed by atoms with van der Waals surface area (Å²) in [6, 6.07) is 13.6. The number of piperazine rings is 1. The summed E-state index contributed by atoms with van der Waals surface area (Å²) in [5, 5.41) is 3.03. The number of carbonyl (C=O) groups excluding carboxylic acids is 1. The highest BCUT2D eigenvalue weighted by Gasteiger charge is 2.18. The first-order valence-corrected chi connectivity index (χ1v) is 10.2. The molecular formula is C23H31N3O3. The molecule has 1 amide bonds. The molecule has 1 aliphatic heterocycles. The Balaban J connectivity index is 1.65. The van der Waals surface area contributed by atoms with Gasteiger partial charge in [-0.15, -0.1) is 0 Å². The number of hydrogen-bond donors (Lipinski definition) is 1. The van der Waals surface area contributed by atoms with Crippen LogP contribution in [0.5, 0.6) is 11.5 Å². The number of nitrogens with one attached hydrogen (secondary N) is 1. The average Bonchev–Trinajstić information content (AvgIpc) is 2.78. The van der Waals surface area contributed by atoms with Gasteiger partial charge in [-0.1, -0.05) is 37.3 Å². The van der Waals surface area contributed by atoms with Crippen LogP contribution in [0, 0.1) is 0 Å². The summed E-state index contributed by atoms with van der Waals surface area (Å²) in [4.78, 5) is 17.7. The molecule has 0 atom stereocenters. The number of methoxy groups -OCH3 is 2. The Kier molecular flexibility index (Phi) is 7.49. The summed E-state index contributed by atoms with van der Waals surface area (Å²) in [7, 11) is 3.11. The van der Waals surface area contributed by atoms with E-state index in [1.54, 1.807) is 32.4 Å². The third kappa shape index (κ3) is 5.28. The van der Waals surface area contributed by atoms with Gasteiger partial charge in [0, 0.05) is 39.3 Å². The van der Waals surface area contributed by atoms with Gasteiger partial charge in [-0.25, -0.2) is 0 Å². The van der Waals surface area contributed by atoms with E-state index in [-0.39, 0.29) is 5.91 Å². The second-order valence-electron chi connectivity index (χ2n) is 7.20. The van der Waals surface area contributed by atoms with Crippen LogP contribution in [0.15, 0.2) is 42.5 Å². The smallest absolute Gasteiger partial charge is 0.255 e. The number of rotatable bonds is 8. The highest BCUT2D eigenvalue weighted by Crippen LogP contribution is 2.30. The topological polar surface area (TPSA) is 54.0 Å². The molecule has 0 bridgehead atoms. The molecule has 1 N–H and O–H groups in total. The first-order valence-electron chi connectivity index (χ1n) is 10.2. The number of likely N-dealkylation sites (N-methyl/N-ethyl adjacent to an activating group) is 1. The minimum atomic E-state index is -0.174. The second-order valence-corrected chi connectivity index (χ2v) is 7.20. The second kappa shape index (κ2) is 10.3. The van der Waals surface area contributed by atoms with Crippen LogP contribution in [0.2, 0.25) is 0 Å². The molecule has 3 rings (SSSR count). The number of para-hydroxylation sites is 1. The molecule has 0 spiro atoms. The molecular weight excluding hydrogens is 366 g/mol. The van der Waals surface area contributed by atoms with Gasteiger partial charge < -0.3 is 19.7 Å². The molecule has 1 heterocycles. The predicted molar refractivity (Wildman–Crippen MR) is 115 cm³/mol. The molecule has 1 saturated heterocycles. The van der Waals surface area contributed by atoms with Crippen LogP contribution in [0.3, 0.4) is 0 Å². The van der Waals surface area contributed by atoms with Gasteiger partial charge in [0.05, 0.1) is 19.8 Å². The molecule has 1 fully saturated rings. The predicted octanol–water partition coefficient (Wildman–Crippen LogP) is 2.77. The molecule has 0 aliphatic carbocycles. The Labute approximate surface area is 173 Å². The monoisotopic (exact) mass is 397 g/mol. The number of carbonyl (C=O) groups is 1. The fourth-order valence-corrected chi connectivity index (χ4v) is 3.73. The third-order valence-electron chi connectivity index (χ3n) is 5.51. The summed E-state index contributed by atoms with van der Waals surface area (Å²) in [6.07, 6.45) is 0. The normalized spacial score (nSPS) is 15.1. The van der Waals surface area contributed by atoms with E-state index in [1.807, 2.05) is 6.07 Å². The van der Waals surface area contributed by atoms with E-state index in [1.165, 1.54) is 5.56 Å². The lowest BCUT2D eigenvalue weighted by molar-refractivity contribution is 0.0947. The summed E-state index contributed by atoms with van der Waals surface area (Å²) in [5.74, 6) is 0.827. The number of benzene rings is 2. The number of hydrogen-bond acceptors (Lipinski definition) is 5.